The van der Waals surface area contributed by atoms with Crippen LogP contribution in [0.15, 0.2) is 63.2 Å². The Bertz CT molecular complexity index is 1240. The van der Waals surface area contributed by atoms with Crippen LogP contribution >= 0.6 is 0 Å². The molecule has 0 saturated carbocycles. The second-order valence-corrected chi connectivity index (χ2v) is 6.50. The van der Waals surface area contributed by atoms with Crippen molar-refractivity contribution in [3.05, 3.63) is 86.1 Å². The lowest BCUT2D eigenvalue weighted by molar-refractivity contribution is 0.0952. The topological polar surface area (TPSA) is 137 Å². The Kier molecular flexibility index (Phi) is 5.82. The first-order chi connectivity index (χ1) is 14.3. The molecular weight excluding hydrogens is 388 g/mol. The molecule has 1 heterocycles. The van der Waals surface area contributed by atoms with Crippen molar-refractivity contribution in [2.45, 2.75) is 20.3 Å². The van der Waals surface area contributed by atoms with Gasteiger partial charge in [0.1, 0.15) is 11.3 Å². The third kappa shape index (κ3) is 4.00. The van der Waals surface area contributed by atoms with Crippen LogP contribution in [0.2, 0.25) is 0 Å². The maximum absolute atomic E-state index is 12.4. The lowest BCUT2D eigenvalue weighted by Gasteiger charge is -2.12. The van der Waals surface area contributed by atoms with Gasteiger partial charge in [0.2, 0.25) is 5.88 Å². The molecule has 3 rings (SSSR count). The first-order valence-electron chi connectivity index (χ1n) is 9.14. The number of phenolic OH excluding ortho intramolecular Hbond substituents is 1. The molecule has 30 heavy (non-hydrogen) atoms. The number of benzene rings is 2. The van der Waals surface area contributed by atoms with E-state index in [0.717, 1.165) is 10.1 Å². The van der Waals surface area contributed by atoms with Crippen molar-refractivity contribution >= 4 is 11.6 Å². The van der Waals surface area contributed by atoms with E-state index in [4.69, 9.17) is 0 Å². The minimum Gasteiger partial charge on any atom is -0.507 e. The number of H-pyrrole nitrogens is 1. The summed E-state index contributed by atoms with van der Waals surface area (Å²) >= 11 is 0. The van der Waals surface area contributed by atoms with Crippen LogP contribution in [0.4, 0.5) is 0 Å². The zero-order valence-corrected chi connectivity index (χ0v) is 16.3. The van der Waals surface area contributed by atoms with Gasteiger partial charge >= 0.3 is 5.69 Å². The van der Waals surface area contributed by atoms with E-state index in [0.29, 0.717) is 5.69 Å². The zero-order valence-electron chi connectivity index (χ0n) is 16.3. The van der Waals surface area contributed by atoms with Gasteiger partial charge in [0.15, 0.2) is 0 Å². The average molecular weight is 408 g/mol. The lowest BCUT2D eigenvalue weighted by Crippen LogP contribution is -2.34. The molecule has 4 N–H and O–H groups in total. The molecule has 9 nitrogen and oxygen atoms in total. The number of aromatic amines is 1. The smallest absolute Gasteiger partial charge is 0.335 e. The van der Waals surface area contributed by atoms with Crippen molar-refractivity contribution in [1.29, 1.82) is 0 Å². The van der Waals surface area contributed by atoms with Gasteiger partial charge < -0.3 is 10.2 Å². The number of aromatic hydroxyl groups is 2. The molecule has 1 amide bonds. The van der Waals surface area contributed by atoms with Gasteiger partial charge in [-0.1, -0.05) is 36.8 Å². The number of amides is 1. The van der Waals surface area contributed by atoms with Crippen molar-refractivity contribution in [2.75, 3.05) is 0 Å². The third-order valence-corrected chi connectivity index (χ3v) is 4.44. The van der Waals surface area contributed by atoms with E-state index >= 15 is 0 Å². The lowest BCUT2D eigenvalue weighted by atomic mass is 10.1. The van der Waals surface area contributed by atoms with E-state index in [2.05, 4.69) is 15.5 Å². The number of carbonyl (C=O) groups excluding carboxylic acids is 1. The molecule has 0 aliphatic rings. The number of para-hydroxylation sites is 1. The number of carbonyl (C=O) groups is 1. The highest BCUT2D eigenvalue weighted by atomic mass is 16.3. The predicted octanol–water partition coefficient (Wildman–Crippen LogP) is 1.79. The van der Waals surface area contributed by atoms with Gasteiger partial charge in [-0.15, -0.1) is 0 Å². The Balaban J connectivity index is 2.05. The molecule has 1 aromatic heterocycles. The maximum Gasteiger partial charge on any atom is 0.335 e. The van der Waals surface area contributed by atoms with E-state index in [-0.39, 0.29) is 29.0 Å². The van der Waals surface area contributed by atoms with Crippen molar-refractivity contribution in [3.8, 4) is 17.3 Å². The SMILES string of the molecule is CC/C(=N\NC(=O)c1ccccc1O)c1c(O)n(-c2ccc(C)cc2)c(=O)[nH]c1=O. The summed E-state index contributed by atoms with van der Waals surface area (Å²) < 4.78 is 0.951. The number of hydrazone groups is 1. The second kappa shape index (κ2) is 8.48. The number of aromatic nitrogens is 2. The molecule has 0 saturated heterocycles. The molecular formula is C21H20N4O5. The summed E-state index contributed by atoms with van der Waals surface area (Å²) in [4.78, 5) is 39.2. The molecule has 0 bridgehead atoms. The van der Waals surface area contributed by atoms with E-state index in [1.165, 1.54) is 12.1 Å². The Labute approximate surface area is 171 Å². The van der Waals surface area contributed by atoms with Crippen LogP contribution in [0.25, 0.3) is 5.69 Å². The van der Waals surface area contributed by atoms with Crippen LogP contribution in [0.1, 0.15) is 34.8 Å². The molecule has 2 aromatic carbocycles. The quantitative estimate of drug-likeness (QED) is 0.377. The van der Waals surface area contributed by atoms with Crippen molar-refractivity contribution in [2.24, 2.45) is 5.10 Å². The first kappa shape index (κ1) is 20.6. The number of nitrogens with zero attached hydrogens (tertiary/aromatic N) is 2. The van der Waals surface area contributed by atoms with Gasteiger partial charge in [-0.05, 0) is 37.6 Å². The summed E-state index contributed by atoms with van der Waals surface area (Å²) in [6, 6.07) is 12.7. The molecule has 0 unspecified atom stereocenters. The minimum absolute atomic E-state index is 0.000500. The molecule has 154 valence electrons. The molecule has 9 heteroatoms. The fourth-order valence-electron chi connectivity index (χ4n) is 2.87. The van der Waals surface area contributed by atoms with Crippen molar-refractivity contribution in [1.82, 2.24) is 15.0 Å². The van der Waals surface area contributed by atoms with E-state index in [1.807, 2.05) is 6.92 Å². The molecule has 0 atom stereocenters. The first-order valence-corrected chi connectivity index (χ1v) is 9.14. The Morgan fingerprint density at radius 3 is 2.40 bits per heavy atom. The number of hydrogen-bond acceptors (Lipinski definition) is 6. The van der Waals surface area contributed by atoms with Gasteiger partial charge in [-0.3, -0.25) is 14.6 Å². The highest BCUT2D eigenvalue weighted by molar-refractivity contribution is 6.03. The van der Waals surface area contributed by atoms with Crippen LogP contribution < -0.4 is 16.7 Å². The predicted molar refractivity (Wildman–Crippen MR) is 111 cm³/mol. The van der Waals surface area contributed by atoms with E-state index in [1.54, 1.807) is 43.3 Å². The molecule has 0 fully saturated rings. The summed E-state index contributed by atoms with van der Waals surface area (Å²) in [5.41, 5.74) is 1.75. The minimum atomic E-state index is -0.835. The Morgan fingerprint density at radius 1 is 1.10 bits per heavy atom. The van der Waals surface area contributed by atoms with Gasteiger partial charge in [0.05, 0.1) is 17.0 Å². The summed E-state index contributed by atoms with van der Waals surface area (Å²) in [7, 11) is 0. The molecule has 0 aliphatic carbocycles. The molecule has 0 spiro atoms. The monoisotopic (exact) mass is 408 g/mol. The largest absolute Gasteiger partial charge is 0.507 e. The molecule has 3 aromatic rings. The van der Waals surface area contributed by atoms with Gasteiger partial charge in [0.25, 0.3) is 11.5 Å². The van der Waals surface area contributed by atoms with Gasteiger partial charge in [-0.25, -0.2) is 14.8 Å². The Hall–Kier alpha value is -4.14. The van der Waals surface area contributed by atoms with Crippen molar-refractivity contribution < 1.29 is 15.0 Å². The second-order valence-electron chi connectivity index (χ2n) is 6.50. The van der Waals surface area contributed by atoms with Crippen LogP contribution in [0.3, 0.4) is 0 Å². The van der Waals surface area contributed by atoms with Crippen LogP contribution in [-0.4, -0.2) is 31.4 Å². The van der Waals surface area contributed by atoms with Crippen molar-refractivity contribution in [3.63, 3.8) is 0 Å². The standard InChI is InChI=1S/C21H20N4O5/c1-3-15(23-24-18(27)14-6-4-5-7-16(14)26)17-19(28)22-21(30)25(20(17)29)13-10-8-12(2)9-11-13/h4-11,26,29H,3H2,1-2H3,(H,24,27)(H,22,28,30)/b23-15+. The normalized spacial score (nSPS) is 11.3. The zero-order chi connectivity index (χ0) is 21.8. The fourth-order valence-corrected chi connectivity index (χ4v) is 2.87. The van der Waals surface area contributed by atoms with E-state index < -0.39 is 23.0 Å². The van der Waals surface area contributed by atoms with E-state index in [9.17, 15) is 24.6 Å². The Morgan fingerprint density at radius 2 is 1.77 bits per heavy atom. The van der Waals surface area contributed by atoms with Crippen LogP contribution in [-0.2, 0) is 0 Å². The fraction of sp³-hybridized carbons (Fsp3) is 0.143. The molecule has 0 radical (unpaired) electrons. The number of rotatable bonds is 5. The number of hydrogen-bond donors (Lipinski definition) is 4. The third-order valence-electron chi connectivity index (χ3n) is 4.44. The average Bonchev–Trinajstić information content (AvgIpc) is 2.71. The summed E-state index contributed by atoms with van der Waals surface area (Å²) in [5, 5.41) is 24.4. The summed E-state index contributed by atoms with van der Waals surface area (Å²) in [6.07, 6.45) is 0.170. The summed E-state index contributed by atoms with van der Waals surface area (Å²) in [6.45, 7) is 3.55. The van der Waals surface area contributed by atoms with Crippen LogP contribution in [0, 0.1) is 6.92 Å². The highest BCUT2D eigenvalue weighted by Crippen LogP contribution is 2.19. The summed E-state index contributed by atoms with van der Waals surface area (Å²) in [5.74, 6) is -1.51. The van der Waals surface area contributed by atoms with Gasteiger partial charge in [0, 0.05) is 0 Å². The van der Waals surface area contributed by atoms with Crippen LogP contribution in [0.5, 0.6) is 11.6 Å². The number of nitrogens with one attached hydrogen (secondary N) is 2. The highest BCUT2D eigenvalue weighted by Gasteiger charge is 2.20. The number of aryl methyl sites for hydroxylation is 1. The maximum atomic E-state index is 12.4. The number of phenols is 1. The molecule has 0 aliphatic heterocycles. The van der Waals surface area contributed by atoms with Gasteiger partial charge in [-0.2, -0.15) is 5.10 Å².